The molecule has 0 aliphatic carbocycles. The van der Waals surface area contributed by atoms with E-state index in [-0.39, 0.29) is 16.5 Å². The highest BCUT2D eigenvalue weighted by Gasteiger charge is 2.28. The third-order valence-corrected chi connectivity index (χ3v) is 6.36. The Labute approximate surface area is 174 Å². The Bertz CT molecular complexity index is 1160. The summed E-state index contributed by atoms with van der Waals surface area (Å²) in [4.78, 5) is 0.111. The molecule has 0 N–H and O–H groups in total. The van der Waals surface area contributed by atoms with E-state index in [9.17, 15) is 12.8 Å². The van der Waals surface area contributed by atoms with E-state index in [1.54, 1.807) is 24.3 Å². The lowest BCUT2D eigenvalue weighted by Crippen LogP contribution is -2.23. The second-order valence-corrected chi connectivity index (χ2v) is 8.94. The standard InChI is InChI=1S/C22H18ClFO4S/c1-14-5-8-18(9-6-14)29(25,26)27-13-17-11-16-3-2-4-19(22(16)28-17)15-7-10-21(24)20(23)12-15/h2-10,12,17H,11,13H2,1H3. The van der Waals surface area contributed by atoms with Crippen LogP contribution in [-0.2, 0) is 20.7 Å². The summed E-state index contributed by atoms with van der Waals surface area (Å²) in [6.45, 7) is 1.78. The van der Waals surface area contributed by atoms with Crippen LogP contribution < -0.4 is 4.74 Å². The number of halogens is 2. The zero-order valence-electron chi connectivity index (χ0n) is 15.6. The monoisotopic (exact) mass is 432 g/mol. The van der Waals surface area contributed by atoms with Crippen LogP contribution in [-0.4, -0.2) is 21.1 Å². The van der Waals surface area contributed by atoms with Crippen molar-refractivity contribution in [2.24, 2.45) is 0 Å². The SMILES string of the molecule is Cc1ccc(S(=O)(=O)OCC2Cc3cccc(-c4ccc(F)c(Cl)c4)c3O2)cc1. The molecule has 1 aliphatic heterocycles. The highest BCUT2D eigenvalue weighted by Crippen LogP contribution is 2.39. The second kappa shape index (κ2) is 7.78. The van der Waals surface area contributed by atoms with Crippen molar-refractivity contribution in [2.75, 3.05) is 6.61 Å². The molecule has 0 bridgehead atoms. The fourth-order valence-corrected chi connectivity index (χ4v) is 4.38. The van der Waals surface area contributed by atoms with Crippen molar-refractivity contribution >= 4 is 21.7 Å². The molecule has 0 aromatic heterocycles. The Morgan fingerprint density at radius 1 is 1.14 bits per heavy atom. The van der Waals surface area contributed by atoms with E-state index in [4.69, 9.17) is 20.5 Å². The van der Waals surface area contributed by atoms with Gasteiger partial charge >= 0.3 is 0 Å². The average molecular weight is 433 g/mol. The number of ether oxygens (including phenoxy) is 1. The summed E-state index contributed by atoms with van der Waals surface area (Å²) in [5.74, 6) is 0.146. The molecule has 4 rings (SSSR count). The summed E-state index contributed by atoms with van der Waals surface area (Å²) in [5.41, 5.74) is 3.40. The van der Waals surface area contributed by atoms with E-state index in [1.807, 2.05) is 25.1 Å². The molecular formula is C22H18ClFO4S. The minimum Gasteiger partial charge on any atom is -0.487 e. The molecule has 1 unspecified atom stereocenters. The van der Waals surface area contributed by atoms with Crippen LogP contribution in [0.15, 0.2) is 65.6 Å². The van der Waals surface area contributed by atoms with Crippen LogP contribution in [0.1, 0.15) is 11.1 Å². The third-order valence-electron chi connectivity index (χ3n) is 4.78. The van der Waals surface area contributed by atoms with E-state index in [2.05, 4.69) is 0 Å². The quantitative estimate of drug-likeness (QED) is 0.522. The first kappa shape index (κ1) is 19.9. The van der Waals surface area contributed by atoms with Crippen molar-refractivity contribution < 1.29 is 21.7 Å². The van der Waals surface area contributed by atoms with Crippen LogP contribution >= 0.6 is 11.6 Å². The van der Waals surface area contributed by atoms with Gasteiger partial charge < -0.3 is 4.74 Å². The minimum absolute atomic E-state index is 0.0298. The van der Waals surface area contributed by atoms with E-state index in [0.29, 0.717) is 12.2 Å². The van der Waals surface area contributed by atoms with Gasteiger partial charge in [-0.1, -0.05) is 53.6 Å². The molecule has 7 heteroatoms. The number of aryl methyl sites for hydroxylation is 1. The molecule has 0 radical (unpaired) electrons. The highest BCUT2D eigenvalue weighted by atomic mass is 35.5. The smallest absolute Gasteiger partial charge is 0.297 e. The predicted molar refractivity (Wildman–Crippen MR) is 109 cm³/mol. The summed E-state index contributed by atoms with van der Waals surface area (Å²) in [5, 5.41) is 0.0298. The van der Waals surface area contributed by atoms with E-state index in [1.165, 1.54) is 18.2 Å². The Morgan fingerprint density at radius 2 is 1.90 bits per heavy atom. The number of rotatable bonds is 5. The lowest BCUT2D eigenvalue weighted by molar-refractivity contribution is 0.152. The first-order valence-corrected chi connectivity index (χ1v) is 10.8. The van der Waals surface area contributed by atoms with Gasteiger partial charge in [-0.2, -0.15) is 8.42 Å². The second-order valence-electron chi connectivity index (χ2n) is 6.92. The van der Waals surface area contributed by atoms with Crippen molar-refractivity contribution in [1.29, 1.82) is 0 Å². The Kier molecular flexibility index (Phi) is 5.34. The summed E-state index contributed by atoms with van der Waals surface area (Å²) in [6.07, 6.45) is 0.0731. The maximum atomic E-state index is 13.5. The maximum absolute atomic E-state index is 13.5. The molecular weight excluding hydrogens is 415 g/mol. The molecule has 3 aromatic carbocycles. The molecule has 3 aromatic rings. The van der Waals surface area contributed by atoms with Gasteiger partial charge in [0, 0.05) is 12.0 Å². The van der Waals surface area contributed by atoms with Gasteiger partial charge in [-0.15, -0.1) is 0 Å². The molecule has 150 valence electrons. The minimum atomic E-state index is -3.86. The molecule has 0 saturated carbocycles. The van der Waals surface area contributed by atoms with Gasteiger partial charge in [0.15, 0.2) is 0 Å². The molecule has 4 nitrogen and oxygen atoms in total. The van der Waals surface area contributed by atoms with Crippen molar-refractivity contribution in [1.82, 2.24) is 0 Å². The zero-order valence-corrected chi connectivity index (χ0v) is 17.1. The number of para-hydroxylation sites is 1. The maximum Gasteiger partial charge on any atom is 0.297 e. The van der Waals surface area contributed by atoms with E-state index in [0.717, 1.165) is 22.3 Å². The van der Waals surface area contributed by atoms with Crippen LogP contribution in [0, 0.1) is 12.7 Å². The molecule has 29 heavy (non-hydrogen) atoms. The van der Waals surface area contributed by atoms with Crippen LogP contribution in [0.25, 0.3) is 11.1 Å². The molecule has 0 spiro atoms. The van der Waals surface area contributed by atoms with E-state index >= 15 is 0 Å². The predicted octanol–water partition coefficient (Wildman–Crippen LogP) is 5.16. The van der Waals surface area contributed by atoms with Crippen molar-refractivity contribution in [3.8, 4) is 16.9 Å². The molecule has 0 amide bonds. The lowest BCUT2D eigenvalue weighted by Gasteiger charge is -2.13. The van der Waals surface area contributed by atoms with Gasteiger partial charge in [0.1, 0.15) is 24.3 Å². The van der Waals surface area contributed by atoms with Gasteiger partial charge in [-0.3, -0.25) is 4.18 Å². The van der Waals surface area contributed by atoms with E-state index < -0.39 is 22.0 Å². The third kappa shape index (κ3) is 4.15. The van der Waals surface area contributed by atoms with Crippen LogP contribution in [0.4, 0.5) is 4.39 Å². The first-order chi connectivity index (χ1) is 13.8. The Morgan fingerprint density at radius 3 is 2.62 bits per heavy atom. The molecule has 0 saturated heterocycles. The Balaban J connectivity index is 1.51. The number of hydrogen-bond acceptors (Lipinski definition) is 4. The van der Waals surface area contributed by atoms with Crippen molar-refractivity contribution in [2.45, 2.75) is 24.3 Å². The van der Waals surface area contributed by atoms with Gasteiger partial charge in [-0.25, -0.2) is 4.39 Å². The topological polar surface area (TPSA) is 52.6 Å². The summed E-state index contributed by atoms with van der Waals surface area (Å²) >= 11 is 5.91. The summed E-state index contributed by atoms with van der Waals surface area (Å²) in [6, 6.07) is 16.6. The van der Waals surface area contributed by atoms with Gasteiger partial charge in [-0.05, 0) is 42.3 Å². The largest absolute Gasteiger partial charge is 0.487 e. The average Bonchev–Trinajstić information content (AvgIpc) is 3.12. The van der Waals surface area contributed by atoms with Gasteiger partial charge in [0.25, 0.3) is 10.1 Å². The highest BCUT2D eigenvalue weighted by molar-refractivity contribution is 7.86. The van der Waals surface area contributed by atoms with Gasteiger partial charge in [0.2, 0.25) is 0 Å². The fraction of sp³-hybridized carbons (Fsp3) is 0.182. The molecule has 1 atom stereocenters. The van der Waals surface area contributed by atoms with Crippen LogP contribution in [0.2, 0.25) is 5.02 Å². The normalized spacial score (nSPS) is 15.8. The number of hydrogen-bond donors (Lipinski definition) is 0. The van der Waals surface area contributed by atoms with Crippen LogP contribution in [0.3, 0.4) is 0 Å². The molecule has 1 aliphatic rings. The van der Waals surface area contributed by atoms with Crippen molar-refractivity contribution in [3.63, 3.8) is 0 Å². The zero-order chi connectivity index (χ0) is 20.6. The summed E-state index contributed by atoms with van der Waals surface area (Å²) < 4.78 is 49.5. The first-order valence-electron chi connectivity index (χ1n) is 9.03. The molecule has 1 heterocycles. The van der Waals surface area contributed by atoms with Crippen LogP contribution in [0.5, 0.6) is 5.75 Å². The fourth-order valence-electron chi connectivity index (χ4n) is 3.26. The summed E-state index contributed by atoms with van der Waals surface area (Å²) in [7, 11) is -3.86. The number of benzene rings is 3. The molecule has 0 fully saturated rings. The number of fused-ring (bicyclic) bond motifs is 1. The van der Waals surface area contributed by atoms with Crippen molar-refractivity contribution in [3.05, 3.63) is 82.6 Å². The lowest BCUT2D eigenvalue weighted by atomic mass is 10.0. The van der Waals surface area contributed by atoms with Gasteiger partial charge in [0.05, 0.1) is 9.92 Å². The Hall–Kier alpha value is -2.41.